The molecule has 0 saturated heterocycles. The third kappa shape index (κ3) is 2.97. The van der Waals surface area contributed by atoms with Gasteiger partial charge >= 0.3 is 0 Å². The molecule has 0 radical (unpaired) electrons. The lowest BCUT2D eigenvalue weighted by atomic mass is 10.1. The van der Waals surface area contributed by atoms with Crippen LogP contribution in [0.2, 0.25) is 0 Å². The van der Waals surface area contributed by atoms with Gasteiger partial charge in [0.2, 0.25) is 0 Å². The fourth-order valence-electron chi connectivity index (χ4n) is 2.54. The highest BCUT2D eigenvalue weighted by atomic mass is 16.3. The molecule has 21 heavy (non-hydrogen) atoms. The molecule has 3 aromatic heterocycles. The van der Waals surface area contributed by atoms with Crippen LogP contribution in [0.25, 0.3) is 11.0 Å². The van der Waals surface area contributed by atoms with Gasteiger partial charge in [-0.2, -0.15) is 5.10 Å². The normalized spacial score (nSPS) is 12.9. The molecule has 3 aromatic rings. The van der Waals surface area contributed by atoms with Crippen molar-refractivity contribution in [3.8, 4) is 0 Å². The predicted molar refractivity (Wildman–Crippen MR) is 82.0 cm³/mol. The third-order valence-electron chi connectivity index (χ3n) is 3.66. The summed E-state index contributed by atoms with van der Waals surface area (Å²) < 4.78 is 7.19. The molecule has 0 aliphatic carbocycles. The Balaban J connectivity index is 1.66. The first kappa shape index (κ1) is 13.8. The maximum atomic E-state index is 5.37. The van der Waals surface area contributed by atoms with Gasteiger partial charge in [-0.3, -0.25) is 4.68 Å². The maximum Gasteiger partial charge on any atom is 0.157 e. The molecule has 1 N–H and O–H groups in total. The Bertz CT molecular complexity index is 730. The van der Waals surface area contributed by atoms with E-state index in [1.165, 1.54) is 5.56 Å². The first-order chi connectivity index (χ1) is 10.1. The molecule has 0 fully saturated rings. The smallest absolute Gasteiger partial charge is 0.157 e. The highest BCUT2D eigenvalue weighted by molar-refractivity contribution is 5.78. The number of fused-ring (bicyclic) bond motifs is 1. The number of nitrogens with zero attached hydrogens (tertiary/aromatic N) is 3. The van der Waals surface area contributed by atoms with Crippen LogP contribution >= 0.6 is 0 Å². The van der Waals surface area contributed by atoms with Gasteiger partial charge in [0.05, 0.1) is 12.0 Å². The van der Waals surface area contributed by atoms with Crippen molar-refractivity contribution in [2.45, 2.75) is 32.9 Å². The van der Waals surface area contributed by atoms with Crippen LogP contribution in [-0.2, 0) is 20.0 Å². The van der Waals surface area contributed by atoms with Crippen LogP contribution in [0.15, 0.2) is 35.1 Å². The van der Waals surface area contributed by atoms with Gasteiger partial charge in [-0.05, 0) is 37.6 Å². The Morgan fingerprint density at radius 3 is 3.05 bits per heavy atom. The Morgan fingerprint density at radius 1 is 1.43 bits per heavy atom. The number of aromatic nitrogens is 3. The SMILES string of the molecule is Cc1nn(C)c2ncc(CN[C@H](C)Cc3ccco3)cc12. The molecule has 5 nitrogen and oxygen atoms in total. The lowest BCUT2D eigenvalue weighted by Gasteiger charge is -2.12. The van der Waals surface area contributed by atoms with Gasteiger partial charge in [0.1, 0.15) is 5.76 Å². The minimum Gasteiger partial charge on any atom is -0.469 e. The monoisotopic (exact) mass is 284 g/mol. The number of hydrogen-bond donors (Lipinski definition) is 1. The summed E-state index contributed by atoms with van der Waals surface area (Å²) in [6.45, 7) is 4.96. The minimum atomic E-state index is 0.349. The maximum absolute atomic E-state index is 5.37. The van der Waals surface area contributed by atoms with Crippen LogP contribution in [0.3, 0.4) is 0 Å². The van der Waals surface area contributed by atoms with Crippen LogP contribution in [-0.4, -0.2) is 20.8 Å². The lowest BCUT2D eigenvalue weighted by Crippen LogP contribution is -2.27. The average molecular weight is 284 g/mol. The van der Waals surface area contributed by atoms with Crippen LogP contribution in [0, 0.1) is 6.92 Å². The van der Waals surface area contributed by atoms with Crippen molar-refractivity contribution in [1.82, 2.24) is 20.1 Å². The van der Waals surface area contributed by atoms with E-state index in [-0.39, 0.29) is 0 Å². The van der Waals surface area contributed by atoms with E-state index < -0.39 is 0 Å². The van der Waals surface area contributed by atoms with Gasteiger partial charge in [0.25, 0.3) is 0 Å². The van der Waals surface area contributed by atoms with E-state index in [1.807, 2.05) is 37.0 Å². The molecule has 5 heteroatoms. The first-order valence-corrected chi connectivity index (χ1v) is 7.17. The van der Waals surface area contributed by atoms with Crippen molar-refractivity contribution >= 4 is 11.0 Å². The number of aryl methyl sites for hydroxylation is 2. The van der Waals surface area contributed by atoms with Crippen molar-refractivity contribution < 1.29 is 4.42 Å². The summed E-state index contributed by atoms with van der Waals surface area (Å²) in [6.07, 6.45) is 4.51. The summed E-state index contributed by atoms with van der Waals surface area (Å²) in [5.74, 6) is 1.01. The summed E-state index contributed by atoms with van der Waals surface area (Å²) in [6, 6.07) is 6.44. The summed E-state index contributed by atoms with van der Waals surface area (Å²) in [7, 11) is 1.92. The standard InChI is InChI=1S/C16H20N4O/c1-11(7-14-5-4-6-21-14)17-9-13-8-15-12(2)19-20(3)16(15)18-10-13/h4-6,8,10-11,17H,7,9H2,1-3H3/t11-/m1/s1. The van der Waals surface area contributed by atoms with Crippen LogP contribution in [0.5, 0.6) is 0 Å². The highest BCUT2D eigenvalue weighted by Gasteiger charge is 2.09. The van der Waals surface area contributed by atoms with E-state index in [1.54, 1.807) is 6.26 Å². The number of nitrogens with one attached hydrogen (secondary N) is 1. The van der Waals surface area contributed by atoms with Gasteiger partial charge < -0.3 is 9.73 Å². The zero-order valence-corrected chi connectivity index (χ0v) is 12.6. The van der Waals surface area contributed by atoms with E-state index in [0.717, 1.165) is 35.5 Å². The number of hydrogen-bond acceptors (Lipinski definition) is 4. The Kier molecular flexibility index (Phi) is 3.75. The van der Waals surface area contributed by atoms with E-state index in [9.17, 15) is 0 Å². The first-order valence-electron chi connectivity index (χ1n) is 7.17. The second kappa shape index (κ2) is 5.69. The van der Waals surface area contributed by atoms with Crippen molar-refractivity contribution in [2.75, 3.05) is 0 Å². The second-order valence-corrected chi connectivity index (χ2v) is 5.49. The van der Waals surface area contributed by atoms with Crippen molar-refractivity contribution in [3.63, 3.8) is 0 Å². The fraction of sp³-hybridized carbons (Fsp3) is 0.375. The Hall–Kier alpha value is -2.14. The number of pyridine rings is 1. The summed E-state index contributed by atoms with van der Waals surface area (Å²) in [5.41, 5.74) is 3.12. The molecule has 0 unspecified atom stereocenters. The minimum absolute atomic E-state index is 0.349. The molecule has 0 saturated carbocycles. The Morgan fingerprint density at radius 2 is 2.29 bits per heavy atom. The summed E-state index contributed by atoms with van der Waals surface area (Å²) >= 11 is 0. The van der Waals surface area contributed by atoms with E-state index >= 15 is 0 Å². The predicted octanol–water partition coefficient (Wildman–Crippen LogP) is 2.59. The largest absolute Gasteiger partial charge is 0.469 e. The van der Waals surface area contributed by atoms with Gasteiger partial charge in [-0.15, -0.1) is 0 Å². The molecular formula is C16H20N4O. The zero-order chi connectivity index (χ0) is 14.8. The van der Waals surface area contributed by atoms with E-state index in [4.69, 9.17) is 4.42 Å². The van der Waals surface area contributed by atoms with E-state index in [2.05, 4.69) is 28.4 Å². The summed E-state index contributed by atoms with van der Waals surface area (Å²) in [5, 5.41) is 9.02. The van der Waals surface area contributed by atoms with Gasteiger partial charge in [0.15, 0.2) is 5.65 Å². The molecule has 0 aromatic carbocycles. The lowest BCUT2D eigenvalue weighted by molar-refractivity contribution is 0.456. The Labute approximate surface area is 124 Å². The second-order valence-electron chi connectivity index (χ2n) is 5.49. The number of rotatable bonds is 5. The molecule has 3 rings (SSSR count). The average Bonchev–Trinajstić information content (AvgIpc) is 3.06. The third-order valence-corrected chi connectivity index (χ3v) is 3.66. The highest BCUT2D eigenvalue weighted by Crippen LogP contribution is 2.16. The molecule has 110 valence electrons. The molecule has 0 spiro atoms. The topological polar surface area (TPSA) is 55.9 Å². The molecule has 0 aliphatic heterocycles. The van der Waals surface area contributed by atoms with Gasteiger partial charge in [0, 0.05) is 37.6 Å². The molecule has 0 amide bonds. The summed E-state index contributed by atoms with van der Waals surface area (Å²) in [4.78, 5) is 4.50. The zero-order valence-electron chi connectivity index (χ0n) is 12.6. The fourth-order valence-corrected chi connectivity index (χ4v) is 2.54. The molecule has 1 atom stereocenters. The van der Waals surface area contributed by atoms with Crippen LogP contribution < -0.4 is 5.32 Å². The van der Waals surface area contributed by atoms with Gasteiger partial charge in [-0.1, -0.05) is 0 Å². The van der Waals surface area contributed by atoms with Crippen LogP contribution in [0.1, 0.15) is 23.9 Å². The van der Waals surface area contributed by atoms with Crippen molar-refractivity contribution in [3.05, 3.63) is 47.7 Å². The molecule has 0 bridgehead atoms. The molecule has 0 aliphatic rings. The molecule has 3 heterocycles. The van der Waals surface area contributed by atoms with Crippen molar-refractivity contribution in [1.29, 1.82) is 0 Å². The van der Waals surface area contributed by atoms with Crippen molar-refractivity contribution in [2.24, 2.45) is 7.05 Å². The van der Waals surface area contributed by atoms with Gasteiger partial charge in [-0.25, -0.2) is 4.98 Å². The molecular weight excluding hydrogens is 264 g/mol. The number of furan rings is 1. The van der Waals surface area contributed by atoms with E-state index in [0.29, 0.717) is 6.04 Å². The quantitative estimate of drug-likeness (QED) is 0.782. The van der Waals surface area contributed by atoms with Crippen LogP contribution in [0.4, 0.5) is 0 Å².